The maximum atomic E-state index is 14.0. The average Bonchev–Trinajstić information content (AvgIpc) is 2.96. The van der Waals surface area contributed by atoms with Gasteiger partial charge in [0, 0.05) is 18.0 Å². The summed E-state index contributed by atoms with van der Waals surface area (Å²) in [6, 6.07) is 3.72. The number of ether oxygens (including phenoxy) is 1. The Morgan fingerprint density at radius 2 is 1.89 bits per heavy atom. The molecule has 27 heavy (non-hydrogen) atoms. The van der Waals surface area contributed by atoms with Gasteiger partial charge in [0.25, 0.3) is 0 Å². The van der Waals surface area contributed by atoms with Crippen LogP contribution >= 0.6 is 11.6 Å². The Bertz CT molecular complexity index is 938. The van der Waals surface area contributed by atoms with Gasteiger partial charge in [0.15, 0.2) is 6.10 Å². The molecular weight excluding hydrogens is 390 g/mol. The van der Waals surface area contributed by atoms with Gasteiger partial charge in [-0.15, -0.1) is 0 Å². The van der Waals surface area contributed by atoms with Crippen LogP contribution in [-0.4, -0.2) is 32.2 Å². The van der Waals surface area contributed by atoms with E-state index in [-0.39, 0.29) is 27.9 Å². The van der Waals surface area contributed by atoms with E-state index in [0.717, 1.165) is 6.92 Å². The zero-order valence-electron chi connectivity index (χ0n) is 13.7. The smallest absolute Gasteiger partial charge is 0.425 e. The van der Waals surface area contributed by atoms with Crippen molar-refractivity contribution >= 4 is 17.4 Å². The summed E-state index contributed by atoms with van der Waals surface area (Å²) in [4.78, 5) is 14.3. The summed E-state index contributed by atoms with van der Waals surface area (Å²) in [5.74, 6) is -0.481. The minimum absolute atomic E-state index is 0.0187. The first kappa shape index (κ1) is 18.9. The number of rotatable bonds is 4. The predicted molar refractivity (Wildman–Crippen MR) is 90.6 cm³/mol. The Kier molecular flexibility index (Phi) is 4.92. The summed E-state index contributed by atoms with van der Waals surface area (Å²) in [5.41, 5.74) is 6.47. The molecule has 6 nitrogen and oxygen atoms in total. The molecule has 1 unspecified atom stereocenters. The molecule has 0 amide bonds. The fourth-order valence-electron chi connectivity index (χ4n) is 2.18. The molecule has 0 fully saturated rings. The Morgan fingerprint density at radius 1 is 1.22 bits per heavy atom. The second kappa shape index (κ2) is 7.03. The van der Waals surface area contributed by atoms with Crippen molar-refractivity contribution in [1.29, 1.82) is 0 Å². The van der Waals surface area contributed by atoms with Crippen LogP contribution in [0.25, 0.3) is 22.6 Å². The van der Waals surface area contributed by atoms with Crippen molar-refractivity contribution in [1.82, 2.24) is 19.9 Å². The summed E-state index contributed by atoms with van der Waals surface area (Å²) < 4.78 is 56.2. The monoisotopic (exact) mass is 401 g/mol. The maximum Gasteiger partial charge on any atom is 0.425 e. The Balaban J connectivity index is 1.89. The number of nitrogens with two attached hydrogens (primary N) is 1. The van der Waals surface area contributed by atoms with Crippen molar-refractivity contribution in [3.05, 3.63) is 41.4 Å². The summed E-state index contributed by atoms with van der Waals surface area (Å²) in [7, 11) is 0. The van der Waals surface area contributed by atoms with E-state index in [4.69, 9.17) is 17.3 Å². The predicted octanol–water partition coefficient (Wildman–Crippen LogP) is 4.24. The van der Waals surface area contributed by atoms with Gasteiger partial charge in [0.05, 0.1) is 16.3 Å². The second-order valence-corrected chi connectivity index (χ2v) is 5.91. The van der Waals surface area contributed by atoms with E-state index in [0.29, 0.717) is 5.56 Å². The van der Waals surface area contributed by atoms with E-state index in [2.05, 4.69) is 24.7 Å². The average molecular weight is 402 g/mol. The SMILES string of the molecule is CC(Oc1ncc(-c2[nH]c(-c3c(F)cccc3Cl)nc2N)cn1)C(F)(F)F. The van der Waals surface area contributed by atoms with Gasteiger partial charge in [-0.1, -0.05) is 17.7 Å². The van der Waals surface area contributed by atoms with Crippen molar-refractivity contribution in [3.8, 4) is 28.7 Å². The molecule has 1 atom stereocenters. The first-order valence-electron chi connectivity index (χ1n) is 7.52. The van der Waals surface area contributed by atoms with Crippen molar-refractivity contribution in [2.45, 2.75) is 19.2 Å². The third-order valence-electron chi connectivity index (χ3n) is 3.59. The van der Waals surface area contributed by atoms with Gasteiger partial charge in [-0.2, -0.15) is 13.2 Å². The Morgan fingerprint density at radius 3 is 2.48 bits per heavy atom. The third kappa shape index (κ3) is 3.95. The van der Waals surface area contributed by atoms with E-state index < -0.39 is 24.1 Å². The number of H-pyrrole nitrogens is 1. The van der Waals surface area contributed by atoms with Gasteiger partial charge in [0.2, 0.25) is 0 Å². The first-order chi connectivity index (χ1) is 12.7. The number of nitrogens with one attached hydrogen (secondary N) is 1. The number of nitrogen functional groups attached to an aromatic ring is 1. The number of anilines is 1. The Labute approximate surface area is 155 Å². The van der Waals surface area contributed by atoms with E-state index in [1.165, 1.54) is 30.6 Å². The van der Waals surface area contributed by atoms with Crippen molar-refractivity contribution < 1.29 is 22.3 Å². The molecule has 3 aromatic rings. The number of imidazole rings is 1. The van der Waals surface area contributed by atoms with Gasteiger partial charge in [-0.05, 0) is 19.1 Å². The van der Waals surface area contributed by atoms with E-state index >= 15 is 0 Å². The molecule has 3 rings (SSSR count). The Hall–Kier alpha value is -2.88. The lowest BCUT2D eigenvalue weighted by Gasteiger charge is -2.15. The number of halogens is 5. The number of aromatic nitrogens is 4. The van der Waals surface area contributed by atoms with Crippen molar-refractivity contribution in [2.24, 2.45) is 0 Å². The molecule has 2 heterocycles. The second-order valence-electron chi connectivity index (χ2n) is 5.50. The molecule has 11 heteroatoms. The zero-order chi connectivity index (χ0) is 19.8. The molecule has 2 aromatic heterocycles. The number of hydrogen-bond acceptors (Lipinski definition) is 5. The highest BCUT2D eigenvalue weighted by Gasteiger charge is 2.38. The molecule has 0 saturated carbocycles. The molecular formula is C16H12ClF4N5O. The van der Waals surface area contributed by atoms with E-state index in [1.54, 1.807) is 0 Å². The maximum absolute atomic E-state index is 14.0. The van der Waals surface area contributed by atoms with Gasteiger partial charge in [0.1, 0.15) is 17.5 Å². The van der Waals surface area contributed by atoms with Crippen LogP contribution in [0.1, 0.15) is 6.92 Å². The molecule has 0 spiro atoms. The molecule has 0 radical (unpaired) electrons. The highest BCUT2D eigenvalue weighted by molar-refractivity contribution is 6.33. The zero-order valence-corrected chi connectivity index (χ0v) is 14.4. The fraction of sp³-hybridized carbons (Fsp3) is 0.188. The topological polar surface area (TPSA) is 89.7 Å². The molecule has 0 aliphatic carbocycles. The number of hydrogen-bond donors (Lipinski definition) is 2. The summed E-state index contributed by atoms with van der Waals surface area (Å²) in [5, 5.41) is 0.136. The third-order valence-corrected chi connectivity index (χ3v) is 3.91. The molecule has 142 valence electrons. The van der Waals surface area contributed by atoms with Crippen molar-refractivity contribution in [3.63, 3.8) is 0 Å². The van der Waals surface area contributed by atoms with Gasteiger partial charge < -0.3 is 15.5 Å². The lowest BCUT2D eigenvalue weighted by Crippen LogP contribution is -2.31. The standard InChI is InChI=1S/C16H12ClF4N5O/c1-7(16(19,20)21)27-15-23-5-8(6-24-15)12-13(22)26-14(25-12)11-9(17)3-2-4-10(11)18/h2-7H,22H2,1H3,(H,25,26). The number of aromatic amines is 1. The quantitative estimate of drug-likeness (QED) is 0.638. The molecule has 0 bridgehead atoms. The molecule has 0 aliphatic rings. The largest absolute Gasteiger partial charge is 0.451 e. The first-order valence-corrected chi connectivity index (χ1v) is 7.90. The number of alkyl halides is 3. The van der Waals surface area contributed by atoms with E-state index in [9.17, 15) is 17.6 Å². The normalized spacial score (nSPS) is 12.8. The molecule has 0 aliphatic heterocycles. The van der Waals surface area contributed by atoms with Crippen LogP contribution in [0.15, 0.2) is 30.6 Å². The van der Waals surface area contributed by atoms with Crippen molar-refractivity contribution in [2.75, 3.05) is 5.73 Å². The highest BCUT2D eigenvalue weighted by Crippen LogP contribution is 2.33. The number of nitrogens with zero attached hydrogens (tertiary/aromatic N) is 3. The van der Waals surface area contributed by atoms with Gasteiger partial charge >= 0.3 is 12.2 Å². The minimum atomic E-state index is -4.54. The lowest BCUT2D eigenvalue weighted by atomic mass is 10.2. The van der Waals surface area contributed by atoms with Crippen LogP contribution in [0.5, 0.6) is 6.01 Å². The van der Waals surface area contributed by atoms with Crippen LogP contribution in [-0.2, 0) is 0 Å². The molecule has 1 aromatic carbocycles. The molecule has 3 N–H and O–H groups in total. The highest BCUT2D eigenvalue weighted by atomic mass is 35.5. The summed E-state index contributed by atoms with van der Waals surface area (Å²) in [6.07, 6.45) is -4.18. The van der Waals surface area contributed by atoms with Crippen LogP contribution in [0.4, 0.5) is 23.4 Å². The van der Waals surface area contributed by atoms with E-state index in [1.807, 2.05) is 0 Å². The van der Waals surface area contributed by atoms with Gasteiger partial charge in [-0.3, -0.25) is 0 Å². The lowest BCUT2D eigenvalue weighted by molar-refractivity contribution is -0.190. The fourth-order valence-corrected chi connectivity index (χ4v) is 2.43. The number of benzene rings is 1. The van der Waals surface area contributed by atoms with Crippen LogP contribution in [0.2, 0.25) is 5.02 Å². The van der Waals surface area contributed by atoms with Crippen LogP contribution < -0.4 is 10.5 Å². The minimum Gasteiger partial charge on any atom is -0.451 e. The van der Waals surface area contributed by atoms with Gasteiger partial charge in [-0.25, -0.2) is 19.3 Å². The summed E-state index contributed by atoms with van der Waals surface area (Å²) >= 11 is 6.00. The van der Waals surface area contributed by atoms with Crippen LogP contribution in [0.3, 0.4) is 0 Å². The molecule has 0 saturated heterocycles. The summed E-state index contributed by atoms with van der Waals surface area (Å²) in [6.45, 7) is 0.842. The van der Waals surface area contributed by atoms with Crippen LogP contribution in [0, 0.1) is 5.82 Å².